The van der Waals surface area contributed by atoms with Crippen molar-refractivity contribution in [3.05, 3.63) is 53.4 Å². The number of likely N-dealkylation sites (N-methyl/N-ethyl adjacent to an activating group) is 1. The number of nitrogens with one attached hydrogen (secondary N) is 2. The molecule has 2 aromatic carbocycles. The fourth-order valence-electron chi connectivity index (χ4n) is 5.04. The number of ether oxygens (including phenoxy) is 1. The predicted octanol–water partition coefficient (Wildman–Crippen LogP) is 4.67. The molecule has 5 rings (SSSR count). The van der Waals surface area contributed by atoms with Gasteiger partial charge in [0.05, 0.1) is 36.0 Å². The number of benzene rings is 2. The first-order valence-electron chi connectivity index (χ1n) is 14.1. The molecule has 1 fully saturated rings. The van der Waals surface area contributed by atoms with Crippen LogP contribution >= 0.6 is 11.6 Å². The molecule has 4 aromatic rings. The maximum atomic E-state index is 12.9. The minimum Gasteiger partial charge on any atom is -0.494 e. The number of hydrogen-bond donors (Lipinski definition) is 2. The summed E-state index contributed by atoms with van der Waals surface area (Å²) in [5.41, 5.74) is 4.83. The molecule has 14 heteroatoms. The summed E-state index contributed by atoms with van der Waals surface area (Å²) in [7, 11) is 1.65. The second-order valence-corrected chi connectivity index (χ2v) is 12.9. The van der Waals surface area contributed by atoms with Crippen LogP contribution in [-0.2, 0) is 16.4 Å². The fourth-order valence-corrected chi connectivity index (χ4v) is 6.03. The molecule has 228 valence electrons. The van der Waals surface area contributed by atoms with Crippen LogP contribution in [0.5, 0.6) is 5.75 Å². The van der Waals surface area contributed by atoms with Gasteiger partial charge in [0.15, 0.2) is 5.82 Å². The molecule has 12 nitrogen and oxygen atoms in total. The Morgan fingerprint density at radius 1 is 1.02 bits per heavy atom. The van der Waals surface area contributed by atoms with E-state index in [-0.39, 0.29) is 22.5 Å². The molecule has 0 saturated carbocycles. The number of aryl methyl sites for hydroxylation is 1. The van der Waals surface area contributed by atoms with Crippen molar-refractivity contribution >= 4 is 67.2 Å². The third-order valence-electron chi connectivity index (χ3n) is 7.58. The smallest absolute Gasteiger partial charge is 0.234 e. The van der Waals surface area contributed by atoms with E-state index >= 15 is 0 Å². The van der Waals surface area contributed by atoms with Crippen molar-refractivity contribution in [1.29, 1.82) is 0 Å². The molecule has 0 amide bonds. The van der Waals surface area contributed by atoms with Crippen molar-refractivity contribution in [3.8, 4) is 5.75 Å². The number of halogens is 1. The Bertz CT molecular complexity index is 1730. The van der Waals surface area contributed by atoms with Gasteiger partial charge in [-0.15, -0.1) is 0 Å². The summed E-state index contributed by atoms with van der Waals surface area (Å²) in [6.07, 6.45) is 5.41. The van der Waals surface area contributed by atoms with Gasteiger partial charge in [-0.3, -0.25) is 14.3 Å². The number of methoxy groups -OCH3 is 1. The van der Waals surface area contributed by atoms with E-state index in [2.05, 4.69) is 66.5 Å². The van der Waals surface area contributed by atoms with Crippen LogP contribution in [0.1, 0.15) is 19.4 Å². The molecule has 0 bridgehead atoms. The Kier molecular flexibility index (Phi) is 9.04. The summed E-state index contributed by atoms with van der Waals surface area (Å²) < 4.78 is 32.8. The summed E-state index contributed by atoms with van der Waals surface area (Å²) >= 11 is 6.53. The Balaban J connectivity index is 1.49. The van der Waals surface area contributed by atoms with Gasteiger partial charge in [0.25, 0.3) is 0 Å². The van der Waals surface area contributed by atoms with Gasteiger partial charge >= 0.3 is 0 Å². The van der Waals surface area contributed by atoms with Gasteiger partial charge in [-0.05, 0) is 44.2 Å². The predicted molar refractivity (Wildman–Crippen MR) is 173 cm³/mol. The average Bonchev–Trinajstić information content (AvgIpc) is 3.02. The number of aromatic nitrogens is 4. The van der Waals surface area contributed by atoms with Crippen molar-refractivity contribution in [2.75, 3.05) is 73.0 Å². The molecule has 2 aromatic heterocycles. The molecule has 0 aliphatic carbocycles. The molecule has 1 aliphatic heterocycles. The van der Waals surface area contributed by atoms with Crippen molar-refractivity contribution < 1.29 is 13.2 Å². The lowest BCUT2D eigenvalue weighted by atomic mass is 10.1. The van der Waals surface area contributed by atoms with E-state index in [1.807, 2.05) is 0 Å². The molecule has 3 heterocycles. The normalized spacial score (nSPS) is 14.1. The minimum atomic E-state index is -3.62. The molecule has 2 N–H and O–H groups in total. The Labute approximate surface area is 257 Å². The van der Waals surface area contributed by atoms with E-state index < -0.39 is 10.0 Å². The number of anilines is 6. The average molecular weight is 626 g/mol. The van der Waals surface area contributed by atoms with Crippen molar-refractivity contribution in [1.82, 2.24) is 24.8 Å². The summed E-state index contributed by atoms with van der Waals surface area (Å²) in [5.74, 6) is 1.16. The van der Waals surface area contributed by atoms with Gasteiger partial charge in [0, 0.05) is 57.4 Å². The van der Waals surface area contributed by atoms with E-state index in [4.69, 9.17) is 16.3 Å². The third-order valence-corrected chi connectivity index (χ3v) is 9.60. The van der Waals surface area contributed by atoms with Crippen LogP contribution in [0.15, 0.2) is 42.9 Å². The van der Waals surface area contributed by atoms with Crippen molar-refractivity contribution in [2.24, 2.45) is 0 Å². The number of hydrogen-bond acceptors (Lipinski definition) is 11. The Hall–Kier alpha value is -3.94. The van der Waals surface area contributed by atoms with E-state index in [1.165, 1.54) is 29.3 Å². The number of fused-ring (bicyclic) bond motifs is 1. The number of piperazine rings is 1. The van der Waals surface area contributed by atoms with Gasteiger partial charge in [0.2, 0.25) is 16.0 Å². The first-order chi connectivity index (χ1) is 20.6. The van der Waals surface area contributed by atoms with Crippen LogP contribution < -0.4 is 24.6 Å². The molecule has 1 saturated heterocycles. The first kappa shape index (κ1) is 30.5. The van der Waals surface area contributed by atoms with Gasteiger partial charge in [0.1, 0.15) is 22.0 Å². The molecular weight excluding hydrogens is 590 g/mol. The van der Waals surface area contributed by atoms with E-state index in [9.17, 15) is 8.42 Å². The monoisotopic (exact) mass is 625 g/mol. The first-order valence-corrected chi connectivity index (χ1v) is 16.0. The fraction of sp³-hybridized carbons (Fsp3) is 0.379. The lowest BCUT2D eigenvalue weighted by molar-refractivity contribution is 0.312. The van der Waals surface area contributed by atoms with Crippen LogP contribution in [0.25, 0.3) is 11.0 Å². The standard InChI is InChI=1S/C29H36ClN9O3S/c1-6-19-16-23(25(42-5)17-24(19)39-14-12-37(3)13-15-39)35-29-33-18-20(30)28(36-29)34-22-9-8-21-26(32-11-10-31-21)27(22)38(4)43(40,41)7-2/h8-11,16-18H,6-7,12-15H2,1-5H3,(H2,33,34,35,36). The summed E-state index contributed by atoms with van der Waals surface area (Å²) in [6.45, 7) is 7.63. The maximum absolute atomic E-state index is 12.9. The van der Waals surface area contributed by atoms with Crippen LogP contribution in [0.3, 0.4) is 0 Å². The zero-order chi connectivity index (χ0) is 30.7. The lowest BCUT2D eigenvalue weighted by Crippen LogP contribution is -2.44. The second-order valence-electron chi connectivity index (χ2n) is 10.2. The highest BCUT2D eigenvalue weighted by atomic mass is 35.5. The van der Waals surface area contributed by atoms with Crippen LogP contribution in [0.2, 0.25) is 5.02 Å². The highest BCUT2D eigenvalue weighted by molar-refractivity contribution is 7.92. The number of rotatable bonds is 10. The van der Waals surface area contributed by atoms with E-state index in [0.29, 0.717) is 28.2 Å². The molecular formula is C29H36ClN9O3S. The van der Waals surface area contributed by atoms with E-state index in [0.717, 1.165) is 44.0 Å². The molecule has 43 heavy (non-hydrogen) atoms. The molecule has 0 spiro atoms. The van der Waals surface area contributed by atoms with Gasteiger partial charge < -0.3 is 25.2 Å². The second kappa shape index (κ2) is 12.7. The SMILES string of the molecule is CCc1cc(Nc2ncc(Cl)c(Nc3ccc4nccnc4c3N(C)S(=O)(=O)CC)n2)c(OC)cc1N1CCN(C)CC1. The largest absolute Gasteiger partial charge is 0.494 e. The Morgan fingerprint density at radius 3 is 2.47 bits per heavy atom. The zero-order valence-electron chi connectivity index (χ0n) is 24.9. The maximum Gasteiger partial charge on any atom is 0.234 e. The van der Waals surface area contributed by atoms with Gasteiger partial charge in [-0.2, -0.15) is 4.98 Å². The summed E-state index contributed by atoms with van der Waals surface area (Å²) in [5, 5.41) is 6.75. The van der Waals surface area contributed by atoms with Gasteiger partial charge in [-0.1, -0.05) is 18.5 Å². The molecule has 0 atom stereocenters. The number of sulfonamides is 1. The van der Waals surface area contributed by atoms with Gasteiger partial charge in [-0.25, -0.2) is 13.4 Å². The summed E-state index contributed by atoms with van der Waals surface area (Å²) in [6, 6.07) is 7.62. The molecule has 0 unspecified atom stereocenters. The Morgan fingerprint density at radius 2 is 1.77 bits per heavy atom. The molecule has 1 aliphatic rings. The number of nitrogens with zero attached hydrogens (tertiary/aromatic N) is 7. The van der Waals surface area contributed by atoms with Crippen molar-refractivity contribution in [3.63, 3.8) is 0 Å². The zero-order valence-corrected chi connectivity index (χ0v) is 26.5. The van der Waals surface area contributed by atoms with Crippen LogP contribution in [0.4, 0.5) is 34.5 Å². The highest BCUT2D eigenvalue weighted by Crippen LogP contribution is 2.38. The van der Waals surface area contributed by atoms with Crippen LogP contribution in [-0.4, -0.2) is 86.4 Å². The lowest BCUT2D eigenvalue weighted by Gasteiger charge is -2.35. The quantitative estimate of drug-likeness (QED) is 0.255. The highest BCUT2D eigenvalue weighted by Gasteiger charge is 2.24. The topological polar surface area (TPSA) is 129 Å². The minimum absolute atomic E-state index is 0.0862. The van der Waals surface area contributed by atoms with Crippen molar-refractivity contribution in [2.45, 2.75) is 20.3 Å². The van der Waals surface area contributed by atoms with Crippen LogP contribution in [0, 0.1) is 0 Å². The summed E-state index contributed by atoms with van der Waals surface area (Å²) in [4.78, 5) is 22.5. The third kappa shape index (κ3) is 6.38. The molecule has 0 radical (unpaired) electrons. The van der Waals surface area contributed by atoms with E-state index in [1.54, 1.807) is 32.4 Å².